The Balaban J connectivity index is 1.49. The van der Waals surface area contributed by atoms with Gasteiger partial charge in [0.15, 0.2) is 24.2 Å². The van der Waals surface area contributed by atoms with Gasteiger partial charge >= 0.3 is 0 Å². The molecule has 0 radical (unpaired) electrons. The van der Waals surface area contributed by atoms with Gasteiger partial charge in [-0.2, -0.15) is 0 Å². The first kappa shape index (κ1) is 15.2. The molecular weight excluding hydrogens is 294 g/mol. The Morgan fingerprint density at radius 2 is 1.87 bits per heavy atom. The van der Waals surface area contributed by atoms with Crippen LogP contribution in [0.3, 0.4) is 0 Å². The molecule has 2 atom stereocenters. The van der Waals surface area contributed by atoms with Crippen molar-refractivity contribution < 1.29 is 19.0 Å². The highest BCUT2D eigenvalue weighted by Crippen LogP contribution is 2.31. The van der Waals surface area contributed by atoms with Gasteiger partial charge in [0.25, 0.3) is 5.91 Å². The molecule has 0 saturated heterocycles. The van der Waals surface area contributed by atoms with Gasteiger partial charge in [0.05, 0.1) is 6.04 Å². The van der Waals surface area contributed by atoms with Crippen LogP contribution in [-0.2, 0) is 4.79 Å². The Labute approximate surface area is 135 Å². The maximum Gasteiger partial charge on any atom is 0.258 e. The van der Waals surface area contributed by atoms with E-state index in [-0.39, 0.29) is 24.7 Å². The summed E-state index contributed by atoms with van der Waals surface area (Å²) in [6, 6.07) is 16.6. The fourth-order valence-corrected chi connectivity index (χ4v) is 2.34. The monoisotopic (exact) mass is 313 g/mol. The van der Waals surface area contributed by atoms with Crippen LogP contribution in [0.2, 0.25) is 0 Å². The SMILES string of the molecule is C[C@@H](NC(=O)COc1ccccc1)[C@@H]1COc2ccccc2O1. The fraction of sp³-hybridized carbons (Fsp3) is 0.278. The minimum atomic E-state index is -0.231. The molecule has 0 unspecified atom stereocenters. The van der Waals surface area contributed by atoms with E-state index < -0.39 is 0 Å². The zero-order valence-electron chi connectivity index (χ0n) is 12.9. The molecule has 1 heterocycles. The molecule has 3 rings (SSSR count). The highest BCUT2D eigenvalue weighted by atomic mass is 16.6. The first-order chi connectivity index (χ1) is 11.2. The van der Waals surface area contributed by atoms with Gasteiger partial charge in [-0.15, -0.1) is 0 Å². The molecule has 1 aliphatic heterocycles. The maximum atomic E-state index is 12.0. The molecule has 5 nitrogen and oxygen atoms in total. The van der Waals surface area contributed by atoms with Crippen molar-refractivity contribution in [1.29, 1.82) is 0 Å². The van der Waals surface area contributed by atoms with E-state index >= 15 is 0 Å². The molecular formula is C18H19NO4. The van der Waals surface area contributed by atoms with Gasteiger partial charge in [-0.25, -0.2) is 0 Å². The third-order valence-electron chi connectivity index (χ3n) is 3.59. The number of amides is 1. The summed E-state index contributed by atoms with van der Waals surface area (Å²) in [5, 5.41) is 2.88. The normalized spacial score (nSPS) is 17.2. The molecule has 1 amide bonds. The summed E-state index contributed by atoms with van der Waals surface area (Å²) < 4.78 is 17.0. The van der Waals surface area contributed by atoms with Crippen LogP contribution >= 0.6 is 0 Å². The van der Waals surface area contributed by atoms with E-state index in [9.17, 15) is 4.79 Å². The molecule has 1 N–H and O–H groups in total. The largest absolute Gasteiger partial charge is 0.486 e. The molecule has 1 aliphatic rings. The molecule has 120 valence electrons. The lowest BCUT2D eigenvalue weighted by Gasteiger charge is -2.30. The minimum Gasteiger partial charge on any atom is -0.486 e. The minimum absolute atomic E-state index is 0.0292. The van der Waals surface area contributed by atoms with Crippen molar-refractivity contribution in [2.75, 3.05) is 13.2 Å². The molecule has 0 aliphatic carbocycles. The summed E-state index contributed by atoms with van der Waals surface area (Å²) in [6.07, 6.45) is -0.231. The second kappa shape index (κ2) is 7.05. The lowest BCUT2D eigenvalue weighted by atomic mass is 10.1. The number of carbonyl (C=O) groups is 1. The van der Waals surface area contributed by atoms with E-state index in [0.29, 0.717) is 18.1 Å². The highest BCUT2D eigenvalue weighted by Gasteiger charge is 2.27. The predicted molar refractivity (Wildman–Crippen MR) is 85.9 cm³/mol. The maximum absolute atomic E-state index is 12.0. The quantitative estimate of drug-likeness (QED) is 0.921. The highest BCUT2D eigenvalue weighted by molar-refractivity contribution is 5.77. The van der Waals surface area contributed by atoms with Crippen molar-refractivity contribution in [2.45, 2.75) is 19.1 Å². The number of hydrogen-bond acceptors (Lipinski definition) is 4. The van der Waals surface area contributed by atoms with E-state index in [1.807, 2.05) is 61.5 Å². The van der Waals surface area contributed by atoms with Crippen molar-refractivity contribution in [3.63, 3.8) is 0 Å². The number of nitrogens with one attached hydrogen (secondary N) is 1. The Hall–Kier alpha value is -2.69. The number of para-hydroxylation sites is 3. The Bertz CT molecular complexity index is 659. The summed E-state index contributed by atoms with van der Waals surface area (Å²) in [7, 11) is 0. The zero-order chi connectivity index (χ0) is 16.1. The molecule has 0 bridgehead atoms. The molecule has 0 saturated carbocycles. The van der Waals surface area contributed by atoms with Crippen molar-refractivity contribution >= 4 is 5.91 Å². The van der Waals surface area contributed by atoms with E-state index in [4.69, 9.17) is 14.2 Å². The Kier molecular flexibility index (Phi) is 4.66. The third kappa shape index (κ3) is 3.94. The van der Waals surface area contributed by atoms with Crippen LogP contribution < -0.4 is 19.5 Å². The van der Waals surface area contributed by atoms with Crippen LogP contribution in [0.4, 0.5) is 0 Å². The number of ether oxygens (including phenoxy) is 3. The van der Waals surface area contributed by atoms with E-state index in [1.54, 1.807) is 0 Å². The Morgan fingerprint density at radius 1 is 1.17 bits per heavy atom. The smallest absolute Gasteiger partial charge is 0.258 e. The predicted octanol–water partition coefficient (Wildman–Crippen LogP) is 2.41. The summed E-state index contributed by atoms with van der Waals surface area (Å²) >= 11 is 0. The fourth-order valence-electron chi connectivity index (χ4n) is 2.34. The van der Waals surface area contributed by atoms with Gasteiger partial charge in [0, 0.05) is 0 Å². The van der Waals surface area contributed by atoms with Gasteiger partial charge in [-0.1, -0.05) is 30.3 Å². The summed E-state index contributed by atoms with van der Waals surface area (Å²) in [6.45, 7) is 2.26. The number of benzene rings is 2. The number of fused-ring (bicyclic) bond motifs is 1. The second-order valence-electron chi connectivity index (χ2n) is 5.37. The molecule has 0 spiro atoms. The van der Waals surface area contributed by atoms with E-state index in [2.05, 4.69) is 5.32 Å². The van der Waals surface area contributed by atoms with Crippen LogP contribution in [0.25, 0.3) is 0 Å². The van der Waals surface area contributed by atoms with Crippen molar-refractivity contribution in [3.8, 4) is 17.2 Å². The summed E-state index contributed by atoms with van der Waals surface area (Å²) in [4.78, 5) is 12.0. The number of rotatable bonds is 5. The van der Waals surface area contributed by atoms with E-state index in [1.165, 1.54) is 0 Å². The van der Waals surface area contributed by atoms with Crippen LogP contribution in [0, 0.1) is 0 Å². The van der Waals surface area contributed by atoms with Gasteiger partial charge in [0.1, 0.15) is 12.4 Å². The first-order valence-electron chi connectivity index (χ1n) is 7.58. The van der Waals surface area contributed by atoms with Gasteiger partial charge in [-0.05, 0) is 31.2 Å². The first-order valence-corrected chi connectivity index (χ1v) is 7.58. The standard InChI is InChI=1S/C18H19NO4/c1-13(17-11-22-15-9-5-6-10-16(15)23-17)19-18(20)12-21-14-7-3-2-4-8-14/h2-10,13,17H,11-12H2,1H3,(H,19,20)/t13-,17+/m1/s1. The van der Waals surface area contributed by atoms with Crippen molar-refractivity contribution in [2.24, 2.45) is 0 Å². The van der Waals surface area contributed by atoms with Crippen LogP contribution in [0.1, 0.15) is 6.92 Å². The molecule has 2 aromatic rings. The number of carbonyl (C=O) groups excluding carboxylic acids is 1. The molecule has 23 heavy (non-hydrogen) atoms. The average molecular weight is 313 g/mol. The molecule has 0 fully saturated rings. The van der Waals surface area contributed by atoms with E-state index in [0.717, 1.165) is 5.75 Å². The van der Waals surface area contributed by atoms with Crippen molar-refractivity contribution in [1.82, 2.24) is 5.32 Å². The summed E-state index contributed by atoms with van der Waals surface area (Å²) in [5.41, 5.74) is 0. The van der Waals surface area contributed by atoms with Crippen LogP contribution in [0.5, 0.6) is 17.2 Å². The van der Waals surface area contributed by atoms with Gasteiger partial charge in [0.2, 0.25) is 0 Å². The van der Waals surface area contributed by atoms with Gasteiger partial charge < -0.3 is 19.5 Å². The Morgan fingerprint density at radius 3 is 2.65 bits per heavy atom. The number of hydrogen-bond donors (Lipinski definition) is 1. The average Bonchev–Trinajstić information content (AvgIpc) is 2.60. The lowest BCUT2D eigenvalue weighted by Crippen LogP contribution is -2.49. The second-order valence-corrected chi connectivity index (χ2v) is 5.37. The van der Waals surface area contributed by atoms with Crippen molar-refractivity contribution in [3.05, 3.63) is 54.6 Å². The van der Waals surface area contributed by atoms with Crippen LogP contribution in [-0.4, -0.2) is 31.3 Å². The zero-order valence-corrected chi connectivity index (χ0v) is 12.9. The molecule has 2 aromatic carbocycles. The summed E-state index contributed by atoms with van der Waals surface area (Å²) in [5.74, 6) is 1.91. The topological polar surface area (TPSA) is 56.8 Å². The van der Waals surface area contributed by atoms with Crippen LogP contribution in [0.15, 0.2) is 54.6 Å². The lowest BCUT2D eigenvalue weighted by molar-refractivity contribution is -0.124. The third-order valence-corrected chi connectivity index (χ3v) is 3.59. The molecule has 0 aromatic heterocycles. The molecule has 5 heteroatoms. The van der Waals surface area contributed by atoms with Gasteiger partial charge in [-0.3, -0.25) is 4.79 Å².